The van der Waals surface area contributed by atoms with Gasteiger partial charge in [0.15, 0.2) is 11.0 Å². The van der Waals surface area contributed by atoms with Crippen LogP contribution < -0.4 is 16.8 Å². The maximum atomic E-state index is 13.3. The Morgan fingerprint density at radius 1 is 1.21 bits per heavy atom. The molecule has 4 rings (SSSR count). The summed E-state index contributed by atoms with van der Waals surface area (Å²) in [6, 6.07) is 7.28. The second kappa shape index (κ2) is 12.7. The Kier molecular flexibility index (Phi) is 9.30. The zero-order chi connectivity index (χ0) is 28.0. The van der Waals surface area contributed by atoms with E-state index in [1.54, 1.807) is 5.38 Å². The minimum absolute atomic E-state index is 0.0569. The number of guanidine groups is 1. The molecule has 0 spiro atoms. The Hall–Kier alpha value is -3.36. The summed E-state index contributed by atoms with van der Waals surface area (Å²) in [5.74, 6) is -1.33. The first-order chi connectivity index (χ1) is 18.7. The van der Waals surface area contributed by atoms with Gasteiger partial charge in [0.05, 0.1) is 18.3 Å². The van der Waals surface area contributed by atoms with Crippen molar-refractivity contribution < 1.29 is 22.8 Å². The van der Waals surface area contributed by atoms with E-state index in [0.29, 0.717) is 38.6 Å². The Balaban J connectivity index is 1.39. The predicted molar refractivity (Wildman–Crippen MR) is 147 cm³/mol. The molecule has 210 valence electrons. The molecule has 0 bridgehead atoms. The molecule has 0 saturated carbocycles. The number of benzene rings is 1. The van der Waals surface area contributed by atoms with Crippen molar-refractivity contribution in [3.63, 3.8) is 0 Å². The number of nitrogens with zero attached hydrogens (tertiary/aromatic N) is 4. The van der Waals surface area contributed by atoms with Crippen LogP contribution in [0.4, 0.5) is 0 Å². The number of aryl methyl sites for hydroxylation is 1. The molecule has 39 heavy (non-hydrogen) atoms. The van der Waals surface area contributed by atoms with E-state index in [2.05, 4.69) is 15.3 Å². The van der Waals surface area contributed by atoms with Gasteiger partial charge in [-0.15, -0.1) is 11.3 Å². The van der Waals surface area contributed by atoms with Crippen LogP contribution in [0.3, 0.4) is 0 Å². The summed E-state index contributed by atoms with van der Waals surface area (Å²) in [6.45, 7) is 0.134. The fraction of sp³-hybridized carbons (Fsp3) is 0.480. The van der Waals surface area contributed by atoms with Crippen LogP contribution in [0.1, 0.15) is 41.0 Å². The number of nitrogens with one attached hydrogen (secondary N) is 1. The molecular weight excluding hydrogens is 542 g/mol. The third kappa shape index (κ3) is 7.19. The van der Waals surface area contributed by atoms with E-state index in [-0.39, 0.29) is 35.6 Å². The quantitative estimate of drug-likeness (QED) is 0.138. The van der Waals surface area contributed by atoms with Crippen molar-refractivity contribution in [2.45, 2.75) is 50.2 Å². The van der Waals surface area contributed by atoms with Gasteiger partial charge in [-0.3, -0.25) is 19.4 Å². The number of sulfonamides is 1. The molecule has 0 aliphatic carbocycles. The molecule has 2 aromatic rings. The van der Waals surface area contributed by atoms with Gasteiger partial charge in [0.1, 0.15) is 6.04 Å². The van der Waals surface area contributed by atoms with E-state index >= 15 is 0 Å². The van der Waals surface area contributed by atoms with E-state index < -0.39 is 40.0 Å². The largest absolute Gasteiger partial charge is 0.370 e. The Labute approximate surface area is 231 Å². The average Bonchev–Trinajstić information content (AvgIpc) is 3.60. The summed E-state index contributed by atoms with van der Waals surface area (Å²) in [5, 5.41) is 4.76. The van der Waals surface area contributed by atoms with Gasteiger partial charge in [0.25, 0.3) is 0 Å². The lowest BCUT2D eigenvalue weighted by Gasteiger charge is -2.38. The van der Waals surface area contributed by atoms with E-state index in [1.165, 1.54) is 26.7 Å². The second-order valence-electron chi connectivity index (χ2n) is 9.60. The van der Waals surface area contributed by atoms with Crippen LogP contribution in [-0.4, -0.2) is 89.7 Å². The van der Waals surface area contributed by atoms with Crippen LogP contribution >= 0.6 is 11.3 Å². The zero-order valence-corrected chi connectivity index (χ0v) is 23.1. The van der Waals surface area contributed by atoms with Crippen LogP contribution in [0, 0.1) is 0 Å². The molecule has 0 radical (unpaired) electrons. The summed E-state index contributed by atoms with van der Waals surface area (Å²) < 4.78 is 27.3. The van der Waals surface area contributed by atoms with Crippen molar-refractivity contribution in [1.29, 1.82) is 0 Å². The second-order valence-corrected chi connectivity index (χ2v) is 12.6. The molecule has 1 aromatic carbocycles. The number of aromatic nitrogens is 1. The maximum Gasteiger partial charge on any atom is 0.243 e. The van der Waals surface area contributed by atoms with Crippen molar-refractivity contribution in [1.82, 2.24) is 19.5 Å². The monoisotopic (exact) mass is 575 g/mol. The fourth-order valence-electron chi connectivity index (χ4n) is 5.00. The number of carbonyl (C=O) groups is 3. The molecule has 2 aliphatic rings. The van der Waals surface area contributed by atoms with Crippen LogP contribution in [0.25, 0.3) is 0 Å². The molecule has 12 nitrogen and oxygen atoms in total. The number of nitrogens with two attached hydrogens (primary N) is 2. The topological polar surface area (TPSA) is 181 Å². The molecule has 3 atom stereocenters. The van der Waals surface area contributed by atoms with Crippen LogP contribution in [0.5, 0.6) is 0 Å². The maximum absolute atomic E-state index is 13.3. The number of thiazole rings is 1. The van der Waals surface area contributed by atoms with Gasteiger partial charge in [-0.2, -0.15) is 4.31 Å². The van der Waals surface area contributed by atoms with Gasteiger partial charge >= 0.3 is 0 Å². The number of Topliss-reactive ketones (excluding diaryl/α,β-unsaturated/α-hetero) is 1. The highest BCUT2D eigenvalue weighted by Gasteiger charge is 2.47. The SMILES string of the molecule is NC(N)=NCCCC(NC(=O)C1CCC2CN(S(=O)(=O)CCc3ccccc3)CC(=O)N21)C(=O)c1nccs1. The molecule has 5 N–H and O–H groups in total. The van der Waals surface area contributed by atoms with Crippen LogP contribution in [0.15, 0.2) is 46.9 Å². The van der Waals surface area contributed by atoms with Crippen molar-refractivity contribution in [2.75, 3.05) is 25.4 Å². The number of aliphatic imine (C=N–C) groups is 1. The van der Waals surface area contributed by atoms with Gasteiger partial charge in [0.2, 0.25) is 27.6 Å². The van der Waals surface area contributed by atoms with Crippen LogP contribution in [0.2, 0.25) is 0 Å². The lowest BCUT2D eigenvalue weighted by atomic mass is 10.1. The lowest BCUT2D eigenvalue weighted by molar-refractivity contribution is -0.143. The molecule has 2 saturated heterocycles. The highest BCUT2D eigenvalue weighted by atomic mass is 32.2. The van der Waals surface area contributed by atoms with Crippen molar-refractivity contribution in [2.24, 2.45) is 16.5 Å². The molecule has 2 fully saturated rings. The lowest BCUT2D eigenvalue weighted by Crippen LogP contribution is -2.60. The summed E-state index contributed by atoms with van der Waals surface area (Å²) in [7, 11) is -3.66. The van der Waals surface area contributed by atoms with Gasteiger partial charge in [-0.05, 0) is 37.7 Å². The Morgan fingerprint density at radius 2 is 1.97 bits per heavy atom. The van der Waals surface area contributed by atoms with E-state index in [4.69, 9.17) is 11.5 Å². The van der Waals surface area contributed by atoms with E-state index in [1.807, 2.05) is 30.3 Å². The van der Waals surface area contributed by atoms with Gasteiger partial charge in [-0.1, -0.05) is 30.3 Å². The van der Waals surface area contributed by atoms with Crippen LogP contribution in [-0.2, 0) is 26.0 Å². The zero-order valence-electron chi connectivity index (χ0n) is 21.4. The van der Waals surface area contributed by atoms with E-state index in [9.17, 15) is 22.8 Å². The summed E-state index contributed by atoms with van der Waals surface area (Å²) >= 11 is 1.18. The minimum Gasteiger partial charge on any atom is -0.370 e. The summed E-state index contributed by atoms with van der Waals surface area (Å²) in [5.41, 5.74) is 11.6. The first kappa shape index (κ1) is 28.6. The molecule has 2 aliphatic heterocycles. The normalized spacial score (nSPS) is 20.3. The third-order valence-corrected chi connectivity index (χ3v) is 9.50. The average molecular weight is 576 g/mol. The molecule has 1 aromatic heterocycles. The van der Waals surface area contributed by atoms with Gasteiger partial charge < -0.3 is 21.7 Å². The highest BCUT2D eigenvalue weighted by molar-refractivity contribution is 7.89. The van der Waals surface area contributed by atoms with Crippen molar-refractivity contribution in [3.05, 3.63) is 52.5 Å². The van der Waals surface area contributed by atoms with Crippen molar-refractivity contribution in [3.8, 4) is 0 Å². The first-order valence-electron chi connectivity index (χ1n) is 12.8. The molecule has 14 heteroatoms. The molecule has 3 unspecified atom stereocenters. The van der Waals surface area contributed by atoms with Gasteiger partial charge in [0, 0.05) is 30.7 Å². The molecule has 2 amide bonds. The number of rotatable bonds is 12. The number of fused-ring (bicyclic) bond motifs is 1. The van der Waals surface area contributed by atoms with Crippen molar-refractivity contribution >= 4 is 44.9 Å². The number of piperazine rings is 1. The number of carbonyl (C=O) groups excluding carboxylic acids is 3. The number of hydrogen-bond acceptors (Lipinski definition) is 8. The number of hydrogen-bond donors (Lipinski definition) is 3. The van der Waals surface area contributed by atoms with E-state index in [0.717, 1.165) is 5.56 Å². The van der Waals surface area contributed by atoms with Gasteiger partial charge in [-0.25, -0.2) is 13.4 Å². The smallest absolute Gasteiger partial charge is 0.243 e. The summed E-state index contributed by atoms with van der Waals surface area (Å²) in [6.07, 6.45) is 3.48. The number of ketones is 1. The standard InChI is InChI=1S/C25H33N7O5S2/c26-25(27)29-11-4-7-19(22(34)24-28-12-13-38-24)30-23(35)20-9-8-18-15-31(16-21(33)32(18)20)39(36,37)14-10-17-5-2-1-3-6-17/h1-3,5-6,12-13,18-20H,4,7-11,14-16H2,(H,30,35)(H4,26,27,29). The Morgan fingerprint density at radius 3 is 2.67 bits per heavy atom. The summed E-state index contributed by atoms with van der Waals surface area (Å²) in [4.78, 5) is 49.0. The minimum atomic E-state index is -3.66. The number of amides is 2. The first-order valence-corrected chi connectivity index (χ1v) is 15.3. The highest BCUT2D eigenvalue weighted by Crippen LogP contribution is 2.30. The fourth-order valence-corrected chi connectivity index (χ4v) is 7.09. The third-order valence-electron chi connectivity index (χ3n) is 6.93. The molecule has 3 heterocycles. The predicted octanol–water partition coefficient (Wildman–Crippen LogP) is 0.112. The Bertz CT molecular complexity index is 1300. The molecular formula is C25H33N7O5S2.